The van der Waals surface area contributed by atoms with Gasteiger partial charge in [0, 0.05) is 25.4 Å². The average Bonchev–Trinajstić information content (AvgIpc) is 3.24. The molecule has 5 heteroatoms. The molecule has 144 valence electrons. The van der Waals surface area contributed by atoms with Gasteiger partial charge in [-0.25, -0.2) is 4.98 Å². The molecule has 0 aliphatic carbocycles. The van der Waals surface area contributed by atoms with Gasteiger partial charge in [0.05, 0.1) is 17.6 Å². The van der Waals surface area contributed by atoms with Gasteiger partial charge in [-0.3, -0.25) is 4.79 Å². The van der Waals surface area contributed by atoms with E-state index in [4.69, 9.17) is 9.72 Å². The van der Waals surface area contributed by atoms with Gasteiger partial charge in [0.2, 0.25) is 5.91 Å². The Morgan fingerprint density at radius 1 is 1.21 bits per heavy atom. The highest BCUT2D eigenvalue weighted by molar-refractivity contribution is 5.81. The molecule has 3 aromatic rings. The molecule has 0 N–H and O–H groups in total. The van der Waals surface area contributed by atoms with E-state index in [2.05, 4.69) is 17.2 Å². The van der Waals surface area contributed by atoms with E-state index in [1.807, 2.05) is 54.3 Å². The molecule has 0 radical (unpaired) electrons. The fourth-order valence-electron chi connectivity index (χ4n) is 3.88. The molecule has 2 heterocycles. The van der Waals surface area contributed by atoms with Crippen LogP contribution in [0.5, 0.6) is 5.75 Å². The number of nitrogens with zero attached hydrogens (tertiary/aromatic N) is 3. The lowest BCUT2D eigenvalue weighted by Gasteiger charge is -2.16. The highest BCUT2D eigenvalue weighted by atomic mass is 16.5. The van der Waals surface area contributed by atoms with Crippen molar-refractivity contribution < 1.29 is 9.53 Å². The fraction of sp³-hybridized carbons (Fsp3) is 0.304. The van der Waals surface area contributed by atoms with Crippen LogP contribution in [0.3, 0.4) is 0 Å². The lowest BCUT2D eigenvalue weighted by molar-refractivity contribution is -0.127. The van der Waals surface area contributed by atoms with E-state index < -0.39 is 0 Å². The smallest absolute Gasteiger partial charge is 0.223 e. The zero-order valence-corrected chi connectivity index (χ0v) is 16.2. The maximum atomic E-state index is 12.3. The second-order valence-corrected chi connectivity index (χ2v) is 7.21. The summed E-state index contributed by atoms with van der Waals surface area (Å²) in [5.41, 5.74) is 3.17. The number of rotatable bonds is 7. The lowest BCUT2D eigenvalue weighted by Crippen LogP contribution is -2.25. The summed E-state index contributed by atoms with van der Waals surface area (Å²) in [6.45, 7) is 8.32. The summed E-state index contributed by atoms with van der Waals surface area (Å²) in [6, 6.07) is 16.2. The molecule has 0 spiro atoms. The van der Waals surface area contributed by atoms with E-state index in [1.54, 1.807) is 6.08 Å². The lowest BCUT2D eigenvalue weighted by atomic mass is 10.1. The van der Waals surface area contributed by atoms with Crippen molar-refractivity contribution in [3.8, 4) is 5.75 Å². The Bertz CT molecular complexity index is 1010. The predicted molar refractivity (Wildman–Crippen MR) is 111 cm³/mol. The van der Waals surface area contributed by atoms with E-state index in [1.165, 1.54) is 0 Å². The number of ether oxygens (including phenoxy) is 1. The fourth-order valence-corrected chi connectivity index (χ4v) is 3.88. The molecule has 2 aromatic carbocycles. The van der Waals surface area contributed by atoms with Crippen LogP contribution in [0.25, 0.3) is 11.0 Å². The van der Waals surface area contributed by atoms with E-state index in [0.29, 0.717) is 32.7 Å². The molecule has 28 heavy (non-hydrogen) atoms. The normalized spacial score (nSPS) is 16.7. The minimum atomic E-state index is 0.0957. The van der Waals surface area contributed by atoms with E-state index in [9.17, 15) is 4.79 Å². The topological polar surface area (TPSA) is 47.4 Å². The average molecular weight is 375 g/mol. The molecular weight excluding hydrogens is 350 g/mol. The van der Waals surface area contributed by atoms with Gasteiger partial charge in [0.15, 0.2) is 0 Å². The summed E-state index contributed by atoms with van der Waals surface area (Å²) in [5.74, 6) is 2.13. The second-order valence-electron chi connectivity index (χ2n) is 7.21. The number of amides is 1. The van der Waals surface area contributed by atoms with E-state index in [-0.39, 0.29) is 11.8 Å². The summed E-state index contributed by atoms with van der Waals surface area (Å²) in [7, 11) is 0. The number of carbonyl (C=O) groups is 1. The van der Waals surface area contributed by atoms with Crippen LogP contribution in [0, 0.1) is 6.92 Å². The maximum absolute atomic E-state index is 12.3. The van der Waals surface area contributed by atoms with Crippen LogP contribution < -0.4 is 4.74 Å². The first-order valence-corrected chi connectivity index (χ1v) is 9.69. The molecule has 4 rings (SSSR count). The zero-order chi connectivity index (χ0) is 19.5. The number of aromatic nitrogens is 2. The standard InChI is InChI=1S/C23H25N3O2/c1-3-12-25-16-18(15-22(25)27)23-24-19-9-5-6-10-20(19)26(23)13-14-28-21-11-7-4-8-17(21)2/h3-11,18H,1,12-16H2,2H3/t18-/m0/s1. The third-order valence-electron chi connectivity index (χ3n) is 5.28. The van der Waals surface area contributed by atoms with Crippen LogP contribution in [0.1, 0.15) is 23.7 Å². The predicted octanol–water partition coefficient (Wildman–Crippen LogP) is 3.93. The van der Waals surface area contributed by atoms with Crippen LogP contribution in [0.15, 0.2) is 61.2 Å². The molecule has 1 amide bonds. The Kier molecular flexibility index (Phi) is 5.15. The van der Waals surface area contributed by atoms with Gasteiger partial charge >= 0.3 is 0 Å². The minimum absolute atomic E-state index is 0.0957. The first-order valence-electron chi connectivity index (χ1n) is 9.69. The number of carbonyl (C=O) groups excluding carboxylic acids is 1. The molecular formula is C23H25N3O2. The second kappa shape index (κ2) is 7.89. The Labute approximate surface area is 165 Å². The first kappa shape index (κ1) is 18.3. The molecule has 1 fully saturated rings. The molecule has 1 aliphatic rings. The minimum Gasteiger partial charge on any atom is -0.491 e. The van der Waals surface area contributed by atoms with Crippen LogP contribution in [-0.2, 0) is 11.3 Å². The Morgan fingerprint density at radius 3 is 2.82 bits per heavy atom. The molecule has 1 saturated heterocycles. The number of benzene rings is 2. The van der Waals surface area contributed by atoms with Gasteiger partial charge in [0.25, 0.3) is 0 Å². The highest BCUT2D eigenvalue weighted by Gasteiger charge is 2.33. The number of likely N-dealkylation sites (tertiary alicyclic amines) is 1. The summed E-state index contributed by atoms with van der Waals surface area (Å²) in [5, 5.41) is 0. The quantitative estimate of drug-likeness (QED) is 0.588. The molecule has 0 saturated carbocycles. The number of aryl methyl sites for hydroxylation is 1. The SMILES string of the molecule is C=CCN1C[C@@H](c2nc3ccccc3n2CCOc2ccccc2C)CC1=O. The van der Waals surface area contributed by atoms with Crippen molar-refractivity contribution in [3.63, 3.8) is 0 Å². The van der Waals surface area contributed by atoms with Crippen LogP contribution in [0.2, 0.25) is 0 Å². The monoisotopic (exact) mass is 375 g/mol. The zero-order valence-electron chi connectivity index (χ0n) is 16.2. The molecule has 1 atom stereocenters. The first-order chi connectivity index (χ1) is 13.7. The molecule has 0 bridgehead atoms. The number of fused-ring (bicyclic) bond motifs is 1. The summed E-state index contributed by atoms with van der Waals surface area (Å²) < 4.78 is 8.23. The Morgan fingerprint density at radius 2 is 2.00 bits per heavy atom. The van der Waals surface area contributed by atoms with Crippen molar-refractivity contribution in [2.45, 2.75) is 25.8 Å². The Balaban J connectivity index is 1.58. The molecule has 0 unspecified atom stereocenters. The number of hydrogen-bond acceptors (Lipinski definition) is 3. The summed E-state index contributed by atoms with van der Waals surface area (Å²) >= 11 is 0. The van der Waals surface area contributed by atoms with Gasteiger partial charge in [-0.2, -0.15) is 0 Å². The van der Waals surface area contributed by atoms with Gasteiger partial charge in [-0.1, -0.05) is 36.4 Å². The largest absolute Gasteiger partial charge is 0.491 e. The van der Waals surface area contributed by atoms with Crippen molar-refractivity contribution in [2.75, 3.05) is 19.7 Å². The van der Waals surface area contributed by atoms with Crippen molar-refractivity contribution in [2.24, 2.45) is 0 Å². The maximum Gasteiger partial charge on any atom is 0.223 e. The molecule has 5 nitrogen and oxygen atoms in total. The third-order valence-corrected chi connectivity index (χ3v) is 5.28. The van der Waals surface area contributed by atoms with Gasteiger partial charge in [-0.15, -0.1) is 6.58 Å². The Hall–Kier alpha value is -3.08. The van der Waals surface area contributed by atoms with Crippen molar-refractivity contribution in [1.82, 2.24) is 14.5 Å². The summed E-state index contributed by atoms with van der Waals surface area (Å²) in [6.07, 6.45) is 2.27. The van der Waals surface area contributed by atoms with Crippen LogP contribution >= 0.6 is 0 Å². The van der Waals surface area contributed by atoms with Crippen molar-refractivity contribution >= 4 is 16.9 Å². The third kappa shape index (κ3) is 3.52. The number of para-hydroxylation sites is 3. The van der Waals surface area contributed by atoms with E-state index in [0.717, 1.165) is 28.2 Å². The van der Waals surface area contributed by atoms with Gasteiger partial charge < -0.3 is 14.2 Å². The van der Waals surface area contributed by atoms with Gasteiger partial charge in [0.1, 0.15) is 18.2 Å². The molecule has 1 aromatic heterocycles. The van der Waals surface area contributed by atoms with E-state index >= 15 is 0 Å². The van der Waals surface area contributed by atoms with Crippen LogP contribution in [-0.4, -0.2) is 40.1 Å². The highest BCUT2D eigenvalue weighted by Crippen LogP contribution is 2.30. The number of hydrogen-bond donors (Lipinski definition) is 0. The van der Waals surface area contributed by atoms with Gasteiger partial charge in [-0.05, 0) is 30.7 Å². The molecule has 1 aliphatic heterocycles. The van der Waals surface area contributed by atoms with Crippen molar-refractivity contribution in [3.05, 3.63) is 72.6 Å². The van der Waals surface area contributed by atoms with Crippen molar-refractivity contribution in [1.29, 1.82) is 0 Å². The van der Waals surface area contributed by atoms with Crippen LogP contribution in [0.4, 0.5) is 0 Å². The summed E-state index contributed by atoms with van der Waals surface area (Å²) in [4.78, 5) is 19.0. The number of imidazole rings is 1.